The quantitative estimate of drug-likeness (QED) is 0.730. The first-order valence-corrected chi connectivity index (χ1v) is 8.06. The molecule has 6 nitrogen and oxygen atoms in total. The standard InChI is InChI=1S/C17H17N3O3S/c1-21-14-8-12(9-15(22-2)16(14)23-3)19-17-20-13(10-24-17)11-4-6-18-7-5-11/h4-10H,1-3H3,(H,19,20). The highest BCUT2D eigenvalue weighted by atomic mass is 32.1. The Bertz CT molecular complexity index is 796. The van der Waals surface area contributed by atoms with E-state index in [0.717, 1.165) is 22.1 Å². The van der Waals surface area contributed by atoms with Gasteiger partial charge in [-0.3, -0.25) is 4.98 Å². The highest BCUT2D eigenvalue weighted by Crippen LogP contribution is 2.41. The van der Waals surface area contributed by atoms with Crippen molar-refractivity contribution in [3.05, 3.63) is 42.0 Å². The molecule has 0 fully saturated rings. The Hall–Kier alpha value is -2.80. The molecule has 0 spiro atoms. The highest BCUT2D eigenvalue weighted by Gasteiger charge is 2.14. The van der Waals surface area contributed by atoms with Crippen LogP contribution in [0.2, 0.25) is 0 Å². The average molecular weight is 343 g/mol. The smallest absolute Gasteiger partial charge is 0.203 e. The van der Waals surface area contributed by atoms with Crippen molar-refractivity contribution in [3.63, 3.8) is 0 Å². The van der Waals surface area contributed by atoms with Gasteiger partial charge in [0.2, 0.25) is 5.75 Å². The SMILES string of the molecule is COc1cc(Nc2nc(-c3ccncc3)cs2)cc(OC)c1OC. The lowest BCUT2D eigenvalue weighted by Crippen LogP contribution is -1.97. The van der Waals surface area contributed by atoms with Gasteiger partial charge in [0.05, 0.1) is 27.0 Å². The van der Waals surface area contributed by atoms with Crippen LogP contribution in [0, 0.1) is 0 Å². The highest BCUT2D eigenvalue weighted by molar-refractivity contribution is 7.14. The second-order valence-electron chi connectivity index (χ2n) is 4.81. The first kappa shape index (κ1) is 16.1. The van der Waals surface area contributed by atoms with E-state index in [4.69, 9.17) is 14.2 Å². The summed E-state index contributed by atoms with van der Waals surface area (Å²) >= 11 is 1.52. The van der Waals surface area contributed by atoms with Gasteiger partial charge in [-0.15, -0.1) is 11.3 Å². The first-order valence-electron chi connectivity index (χ1n) is 7.18. The number of aromatic nitrogens is 2. The number of methoxy groups -OCH3 is 3. The lowest BCUT2D eigenvalue weighted by atomic mass is 10.2. The summed E-state index contributed by atoms with van der Waals surface area (Å²) in [6.07, 6.45) is 3.50. The molecule has 0 saturated heterocycles. The van der Waals surface area contributed by atoms with Crippen LogP contribution >= 0.6 is 11.3 Å². The number of nitrogens with zero attached hydrogens (tertiary/aromatic N) is 2. The molecule has 2 heterocycles. The minimum absolute atomic E-state index is 0.558. The molecule has 0 amide bonds. The number of benzene rings is 1. The molecule has 1 N–H and O–H groups in total. The van der Waals surface area contributed by atoms with E-state index in [-0.39, 0.29) is 0 Å². The third-order valence-corrected chi connectivity index (χ3v) is 4.15. The Balaban J connectivity index is 1.88. The number of hydrogen-bond acceptors (Lipinski definition) is 7. The normalized spacial score (nSPS) is 10.3. The van der Waals surface area contributed by atoms with Crippen LogP contribution in [0.1, 0.15) is 0 Å². The summed E-state index contributed by atoms with van der Waals surface area (Å²) in [7, 11) is 4.76. The van der Waals surface area contributed by atoms with Crippen molar-refractivity contribution >= 4 is 22.2 Å². The molecular weight excluding hydrogens is 326 g/mol. The fourth-order valence-electron chi connectivity index (χ4n) is 2.26. The number of pyridine rings is 1. The minimum Gasteiger partial charge on any atom is -0.493 e. The van der Waals surface area contributed by atoms with E-state index in [0.29, 0.717) is 17.2 Å². The van der Waals surface area contributed by atoms with Crippen molar-refractivity contribution in [2.75, 3.05) is 26.6 Å². The number of nitrogens with one attached hydrogen (secondary N) is 1. The summed E-state index contributed by atoms with van der Waals surface area (Å²) in [5, 5.41) is 6.04. The minimum atomic E-state index is 0.558. The molecule has 124 valence electrons. The Morgan fingerprint density at radius 1 is 0.958 bits per heavy atom. The predicted molar refractivity (Wildman–Crippen MR) is 94.7 cm³/mol. The number of anilines is 2. The molecule has 0 radical (unpaired) electrons. The van der Waals surface area contributed by atoms with Crippen molar-refractivity contribution in [2.45, 2.75) is 0 Å². The number of rotatable bonds is 6. The topological polar surface area (TPSA) is 65.5 Å². The van der Waals surface area contributed by atoms with Crippen LogP contribution in [0.4, 0.5) is 10.8 Å². The van der Waals surface area contributed by atoms with Crippen LogP contribution < -0.4 is 19.5 Å². The molecule has 0 aliphatic carbocycles. The van der Waals surface area contributed by atoms with E-state index in [1.54, 1.807) is 33.7 Å². The molecule has 2 aromatic heterocycles. The fraction of sp³-hybridized carbons (Fsp3) is 0.176. The van der Waals surface area contributed by atoms with Gasteiger partial charge in [-0.25, -0.2) is 4.98 Å². The molecule has 0 aliphatic heterocycles. The van der Waals surface area contributed by atoms with E-state index < -0.39 is 0 Å². The van der Waals surface area contributed by atoms with Gasteiger partial charge in [-0.1, -0.05) is 0 Å². The number of hydrogen-bond donors (Lipinski definition) is 1. The molecule has 3 rings (SSSR count). The van der Waals surface area contributed by atoms with Crippen LogP contribution in [0.5, 0.6) is 17.2 Å². The molecule has 0 atom stereocenters. The predicted octanol–water partition coefficient (Wildman–Crippen LogP) is 3.97. The van der Waals surface area contributed by atoms with Gasteiger partial charge in [0.25, 0.3) is 0 Å². The van der Waals surface area contributed by atoms with Gasteiger partial charge in [-0.05, 0) is 12.1 Å². The van der Waals surface area contributed by atoms with E-state index in [9.17, 15) is 0 Å². The van der Waals surface area contributed by atoms with Crippen molar-refractivity contribution < 1.29 is 14.2 Å². The Morgan fingerprint density at radius 2 is 1.62 bits per heavy atom. The van der Waals surface area contributed by atoms with E-state index in [2.05, 4.69) is 15.3 Å². The Kier molecular flexibility index (Phi) is 4.81. The molecule has 0 unspecified atom stereocenters. The van der Waals surface area contributed by atoms with Gasteiger partial charge >= 0.3 is 0 Å². The fourth-order valence-corrected chi connectivity index (χ4v) is 3.00. The maximum absolute atomic E-state index is 5.36. The zero-order valence-electron chi connectivity index (χ0n) is 13.6. The molecule has 7 heteroatoms. The summed E-state index contributed by atoms with van der Waals surface area (Å²) in [6, 6.07) is 7.54. The van der Waals surface area contributed by atoms with Gasteiger partial charge in [-0.2, -0.15) is 0 Å². The van der Waals surface area contributed by atoms with Crippen LogP contribution in [0.3, 0.4) is 0 Å². The van der Waals surface area contributed by atoms with Crippen LogP contribution in [0.25, 0.3) is 11.3 Å². The van der Waals surface area contributed by atoms with Gasteiger partial charge in [0.1, 0.15) is 0 Å². The van der Waals surface area contributed by atoms with Crippen molar-refractivity contribution in [1.29, 1.82) is 0 Å². The van der Waals surface area contributed by atoms with Crippen LogP contribution in [-0.4, -0.2) is 31.3 Å². The molecule has 3 aromatic rings. The first-order chi connectivity index (χ1) is 11.7. The molecule has 1 aromatic carbocycles. The summed E-state index contributed by atoms with van der Waals surface area (Å²) in [4.78, 5) is 8.62. The molecule has 0 aliphatic rings. The molecule has 0 saturated carbocycles. The number of ether oxygens (including phenoxy) is 3. The lowest BCUT2D eigenvalue weighted by molar-refractivity contribution is 0.324. The monoisotopic (exact) mass is 343 g/mol. The maximum atomic E-state index is 5.36. The number of thiazole rings is 1. The summed E-state index contributed by atoms with van der Waals surface area (Å²) in [6.45, 7) is 0. The summed E-state index contributed by atoms with van der Waals surface area (Å²) in [5.74, 6) is 1.73. The molecular formula is C17H17N3O3S. The van der Waals surface area contributed by atoms with E-state index in [1.807, 2.05) is 29.6 Å². The van der Waals surface area contributed by atoms with Crippen molar-refractivity contribution in [1.82, 2.24) is 9.97 Å². The average Bonchev–Trinajstić information content (AvgIpc) is 3.10. The van der Waals surface area contributed by atoms with Crippen molar-refractivity contribution in [3.8, 4) is 28.5 Å². The van der Waals surface area contributed by atoms with Gasteiger partial charge in [0, 0.05) is 41.2 Å². The van der Waals surface area contributed by atoms with Crippen LogP contribution in [-0.2, 0) is 0 Å². The third kappa shape index (κ3) is 3.26. The second-order valence-corrected chi connectivity index (χ2v) is 5.67. The lowest BCUT2D eigenvalue weighted by Gasteiger charge is -2.14. The second kappa shape index (κ2) is 7.18. The van der Waals surface area contributed by atoms with Crippen molar-refractivity contribution in [2.24, 2.45) is 0 Å². The maximum Gasteiger partial charge on any atom is 0.203 e. The third-order valence-electron chi connectivity index (χ3n) is 3.40. The van der Waals surface area contributed by atoms with Gasteiger partial charge in [0.15, 0.2) is 16.6 Å². The Labute approximate surface area is 144 Å². The van der Waals surface area contributed by atoms with Crippen LogP contribution in [0.15, 0.2) is 42.0 Å². The molecule has 24 heavy (non-hydrogen) atoms. The molecule has 0 bridgehead atoms. The van der Waals surface area contributed by atoms with E-state index >= 15 is 0 Å². The van der Waals surface area contributed by atoms with Gasteiger partial charge < -0.3 is 19.5 Å². The summed E-state index contributed by atoms with van der Waals surface area (Å²) < 4.78 is 16.1. The Morgan fingerprint density at radius 3 is 2.21 bits per heavy atom. The largest absolute Gasteiger partial charge is 0.493 e. The zero-order chi connectivity index (χ0) is 16.9. The summed E-state index contributed by atoms with van der Waals surface area (Å²) in [5.41, 5.74) is 2.73. The zero-order valence-corrected chi connectivity index (χ0v) is 14.4. The van der Waals surface area contributed by atoms with E-state index in [1.165, 1.54) is 11.3 Å².